The predicted molar refractivity (Wildman–Crippen MR) is 94.8 cm³/mol. The van der Waals surface area contributed by atoms with Gasteiger partial charge in [0.2, 0.25) is 15.9 Å². The topological polar surface area (TPSA) is 107 Å². The molecule has 1 aromatic carbocycles. The molecule has 9 heteroatoms. The summed E-state index contributed by atoms with van der Waals surface area (Å²) >= 11 is 1.47. The molecule has 130 valence electrons. The Bertz CT molecular complexity index is 961. The Kier molecular flexibility index (Phi) is 4.98. The van der Waals surface area contributed by atoms with Crippen molar-refractivity contribution in [3.63, 3.8) is 0 Å². The lowest BCUT2D eigenvalue weighted by molar-refractivity contribution is -0.120. The average molecular weight is 376 g/mol. The molecule has 0 fully saturated rings. The van der Waals surface area contributed by atoms with Crippen molar-refractivity contribution in [1.29, 1.82) is 0 Å². The van der Waals surface area contributed by atoms with E-state index in [1.165, 1.54) is 23.5 Å². The molecule has 0 bridgehead atoms. The third-order valence-corrected chi connectivity index (χ3v) is 5.28. The minimum absolute atomic E-state index is 0.0441. The van der Waals surface area contributed by atoms with Gasteiger partial charge in [-0.05, 0) is 29.8 Å². The number of nitrogens with zero attached hydrogens (tertiary/aromatic N) is 2. The van der Waals surface area contributed by atoms with Gasteiger partial charge in [0.15, 0.2) is 5.13 Å². The molecule has 3 rings (SSSR count). The van der Waals surface area contributed by atoms with Crippen LogP contribution in [0, 0.1) is 0 Å². The monoisotopic (exact) mass is 376 g/mol. The van der Waals surface area contributed by atoms with Crippen molar-refractivity contribution in [3.8, 4) is 5.13 Å². The Balaban J connectivity index is 1.55. The summed E-state index contributed by atoms with van der Waals surface area (Å²) < 4.78 is 24.3. The van der Waals surface area contributed by atoms with Gasteiger partial charge in [-0.1, -0.05) is 12.1 Å². The first-order valence-electron chi connectivity index (χ1n) is 7.38. The maximum Gasteiger partial charge on any atom is 0.238 e. The number of nitrogens with two attached hydrogens (primary N) is 1. The second-order valence-electron chi connectivity index (χ2n) is 5.35. The van der Waals surface area contributed by atoms with E-state index in [9.17, 15) is 13.2 Å². The van der Waals surface area contributed by atoms with Gasteiger partial charge in [0.1, 0.15) is 0 Å². The molecule has 1 amide bonds. The summed E-state index contributed by atoms with van der Waals surface area (Å²) in [7, 11) is -3.70. The second kappa shape index (κ2) is 7.18. The molecule has 3 N–H and O–H groups in total. The number of aromatic nitrogens is 2. The van der Waals surface area contributed by atoms with Gasteiger partial charge in [-0.2, -0.15) is 0 Å². The first-order valence-corrected chi connectivity index (χ1v) is 9.80. The first-order chi connectivity index (χ1) is 11.9. The standard InChI is InChI=1S/C16H16N4O3S2/c17-25(22,23)14-5-3-12(4-6-14)10-18-15(21)9-13-11-24-16(19-13)20-7-1-2-8-20/h1-8,11H,9-10H2,(H,18,21)(H2,17,22,23). The van der Waals surface area contributed by atoms with Gasteiger partial charge in [-0.3, -0.25) is 4.79 Å². The number of amides is 1. The molecule has 2 aromatic heterocycles. The molecule has 0 unspecified atom stereocenters. The second-order valence-corrected chi connectivity index (χ2v) is 7.75. The molecule has 0 spiro atoms. The lowest BCUT2D eigenvalue weighted by Crippen LogP contribution is -2.24. The minimum atomic E-state index is -3.70. The smallest absolute Gasteiger partial charge is 0.238 e. The van der Waals surface area contributed by atoms with Crippen molar-refractivity contribution in [2.75, 3.05) is 0 Å². The van der Waals surface area contributed by atoms with E-state index < -0.39 is 10.0 Å². The van der Waals surface area contributed by atoms with Crippen LogP contribution < -0.4 is 10.5 Å². The van der Waals surface area contributed by atoms with E-state index >= 15 is 0 Å². The Morgan fingerprint density at radius 3 is 2.52 bits per heavy atom. The Labute approximate surface area is 149 Å². The summed E-state index contributed by atoms with van der Waals surface area (Å²) in [6.07, 6.45) is 3.98. The van der Waals surface area contributed by atoms with Crippen molar-refractivity contribution in [2.24, 2.45) is 5.14 Å². The summed E-state index contributed by atoms with van der Waals surface area (Å²) in [5.74, 6) is -0.153. The maximum absolute atomic E-state index is 12.0. The van der Waals surface area contributed by atoms with Crippen molar-refractivity contribution >= 4 is 27.3 Å². The molecule has 0 aliphatic heterocycles. The average Bonchev–Trinajstić information content (AvgIpc) is 3.23. The summed E-state index contributed by atoms with van der Waals surface area (Å²) in [6.45, 7) is 0.304. The van der Waals surface area contributed by atoms with Gasteiger partial charge < -0.3 is 9.88 Å². The zero-order valence-electron chi connectivity index (χ0n) is 13.1. The number of rotatable bonds is 6. The fraction of sp³-hybridized carbons (Fsp3) is 0.125. The van der Waals surface area contributed by atoms with Gasteiger partial charge >= 0.3 is 0 Å². The molecular formula is C16H16N4O3S2. The molecule has 0 saturated carbocycles. The summed E-state index contributed by atoms with van der Waals surface area (Å²) in [6, 6.07) is 9.89. The first kappa shape index (κ1) is 17.3. The van der Waals surface area contributed by atoms with Crippen molar-refractivity contribution in [1.82, 2.24) is 14.9 Å². The lowest BCUT2D eigenvalue weighted by atomic mass is 10.2. The van der Waals surface area contributed by atoms with Gasteiger partial charge in [0.25, 0.3) is 0 Å². The number of nitrogens with one attached hydrogen (secondary N) is 1. The quantitative estimate of drug-likeness (QED) is 0.679. The van der Waals surface area contributed by atoms with Crippen LogP contribution in [-0.2, 0) is 27.8 Å². The van der Waals surface area contributed by atoms with Crippen LogP contribution in [0.4, 0.5) is 0 Å². The highest BCUT2D eigenvalue weighted by Crippen LogP contribution is 2.15. The number of carbonyl (C=O) groups is 1. The molecular weight excluding hydrogens is 360 g/mol. The Morgan fingerprint density at radius 1 is 1.20 bits per heavy atom. The number of hydrogen-bond donors (Lipinski definition) is 2. The fourth-order valence-corrected chi connectivity index (χ4v) is 3.49. The number of sulfonamides is 1. The van der Waals surface area contributed by atoms with E-state index in [0.717, 1.165) is 10.7 Å². The van der Waals surface area contributed by atoms with E-state index in [4.69, 9.17) is 5.14 Å². The molecule has 2 heterocycles. The minimum Gasteiger partial charge on any atom is -0.352 e. The number of primary sulfonamides is 1. The zero-order chi connectivity index (χ0) is 17.9. The number of hydrogen-bond acceptors (Lipinski definition) is 5. The highest BCUT2D eigenvalue weighted by molar-refractivity contribution is 7.89. The molecule has 0 atom stereocenters. The van der Waals surface area contributed by atoms with Crippen LogP contribution in [0.15, 0.2) is 59.1 Å². The zero-order valence-corrected chi connectivity index (χ0v) is 14.8. The summed E-state index contributed by atoms with van der Waals surface area (Å²) in [4.78, 5) is 16.5. The van der Waals surface area contributed by atoms with Crippen LogP contribution in [-0.4, -0.2) is 23.9 Å². The Morgan fingerprint density at radius 2 is 1.88 bits per heavy atom. The van der Waals surface area contributed by atoms with Gasteiger partial charge in [-0.15, -0.1) is 11.3 Å². The van der Waals surface area contributed by atoms with E-state index in [2.05, 4.69) is 10.3 Å². The van der Waals surface area contributed by atoms with Gasteiger partial charge in [0.05, 0.1) is 17.0 Å². The highest BCUT2D eigenvalue weighted by atomic mass is 32.2. The summed E-state index contributed by atoms with van der Waals surface area (Å²) in [5.41, 5.74) is 1.49. The maximum atomic E-state index is 12.0. The largest absolute Gasteiger partial charge is 0.352 e. The molecule has 0 aliphatic carbocycles. The normalized spacial score (nSPS) is 11.4. The number of carbonyl (C=O) groups excluding carboxylic acids is 1. The molecule has 7 nitrogen and oxygen atoms in total. The van der Waals surface area contributed by atoms with E-state index in [0.29, 0.717) is 12.2 Å². The van der Waals surface area contributed by atoms with Crippen molar-refractivity contribution < 1.29 is 13.2 Å². The molecule has 0 saturated heterocycles. The molecule has 3 aromatic rings. The lowest BCUT2D eigenvalue weighted by Gasteiger charge is -2.05. The number of benzene rings is 1. The summed E-state index contributed by atoms with van der Waals surface area (Å²) in [5, 5.41) is 10.5. The van der Waals surface area contributed by atoms with Gasteiger partial charge in [-0.25, -0.2) is 18.5 Å². The number of thiazole rings is 1. The van der Waals surface area contributed by atoms with Crippen molar-refractivity contribution in [2.45, 2.75) is 17.9 Å². The van der Waals surface area contributed by atoms with Crippen LogP contribution in [0.2, 0.25) is 0 Å². The van der Waals surface area contributed by atoms with Crippen LogP contribution in [0.25, 0.3) is 5.13 Å². The van der Waals surface area contributed by atoms with E-state index in [1.54, 1.807) is 12.1 Å². The van der Waals surface area contributed by atoms with Crippen LogP contribution in [0.3, 0.4) is 0 Å². The van der Waals surface area contributed by atoms with E-state index in [-0.39, 0.29) is 17.2 Å². The van der Waals surface area contributed by atoms with Crippen molar-refractivity contribution in [3.05, 3.63) is 65.4 Å². The van der Waals surface area contributed by atoms with E-state index in [1.807, 2.05) is 34.5 Å². The Hall–Kier alpha value is -2.49. The van der Waals surface area contributed by atoms with Gasteiger partial charge in [0, 0.05) is 24.3 Å². The third kappa shape index (κ3) is 4.53. The SMILES string of the molecule is NS(=O)(=O)c1ccc(CNC(=O)Cc2csc(-n3cccc3)n2)cc1. The molecule has 0 radical (unpaired) electrons. The van der Waals surface area contributed by atoms with Crippen LogP contribution in [0.1, 0.15) is 11.3 Å². The van der Waals surface area contributed by atoms with Crippen LogP contribution in [0.5, 0.6) is 0 Å². The predicted octanol–water partition coefficient (Wildman–Crippen LogP) is 1.44. The van der Waals surface area contributed by atoms with Crippen LogP contribution >= 0.6 is 11.3 Å². The third-order valence-electron chi connectivity index (χ3n) is 3.45. The fourth-order valence-electron chi connectivity index (χ4n) is 2.18. The molecule has 25 heavy (non-hydrogen) atoms. The molecule has 0 aliphatic rings. The highest BCUT2D eigenvalue weighted by Gasteiger charge is 2.10.